The molecule has 1 heterocycles. The third kappa shape index (κ3) is 4.91. The summed E-state index contributed by atoms with van der Waals surface area (Å²) >= 11 is 1.78. The average Bonchev–Trinajstić information content (AvgIpc) is 3.36. The van der Waals surface area contributed by atoms with E-state index in [2.05, 4.69) is 42.9 Å². The monoisotopic (exact) mass is 441 g/mol. The van der Waals surface area contributed by atoms with E-state index < -0.39 is 12.2 Å². The van der Waals surface area contributed by atoms with Crippen molar-refractivity contribution in [2.75, 3.05) is 0 Å². The first kappa shape index (κ1) is 22.9. The maximum Gasteiger partial charge on any atom is 0.0924 e. The maximum atomic E-state index is 10.1. The maximum absolute atomic E-state index is 10.1. The van der Waals surface area contributed by atoms with Crippen LogP contribution in [0, 0.1) is 23.2 Å². The molecule has 3 fully saturated rings. The van der Waals surface area contributed by atoms with E-state index in [-0.39, 0.29) is 0 Å². The summed E-state index contributed by atoms with van der Waals surface area (Å²) in [5.41, 5.74) is 3.81. The fourth-order valence-corrected chi connectivity index (χ4v) is 7.49. The Morgan fingerprint density at radius 1 is 1.32 bits per heavy atom. The van der Waals surface area contributed by atoms with Gasteiger partial charge in [-0.2, -0.15) is 0 Å². The Bertz CT molecular complexity index is 826. The van der Waals surface area contributed by atoms with E-state index in [1.165, 1.54) is 50.0 Å². The fourth-order valence-electron chi connectivity index (χ4n) is 6.83. The Kier molecular flexibility index (Phi) is 7.20. The molecule has 0 radical (unpaired) electrons. The Morgan fingerprint density at radius 2 is 2.16 bits per heavy atom. The summed E-state index contributed by atoms with van der Waals surface area (Å²) in [5.74, 6) is 2.24. The summed E-state index contributed by atoms with van der Waals surface area (Å²) in [5, 5.41) is 23.6. The quantitative estimate of drug-likeness (QED) is 0.549. The Labute approximate surface area is 192 Å². The molecule has 3 aliphatic rings. The molecule has 0 saturated heterocycles. The molecule has 3 saturated carbocycles. The molecule has 170 valence electrons. The smallest absolute Gasteiger partial charge is 0.0924 e. The van der Waals surface area contributed by atoms with Gasteiger partial charge in [-0.3, -0.25) is 0 Å². The first-order chi connectivity index (χ1) is 14.9. The van der Waals surface area contributed by atoms with Gasteiger partial charge in [0.1, 0.15) is 0 Å². The summed E-state index contributed by atoms with van der Waals surface area (Å²) < 4.78 is 0. The van der Waals surface area contributed by atoms with E-state index in [1.807, 2.05) is 6.20 Å². The second kappa shape index (κ2) is 9.72. The molecule has 2 N–H and O–H groups in total. The molecule has 0 unspecified atom stereocenters. The molecule has 1 aromatic heterocycles. The second-order valence-electron chi connectivity index (χ2n) is 10.5. The minimum absolute atomic E-state index is 0.409. The topological polar surface area (TPSA) is 53.4 Å². The van der Waals surface area contributed by atoms with Gasteiger partial charge in [-0.15, -0.1) is 11.3 Å². The standard InChI is InChI=1S/C27H39NO2S/c1-18(6-4-8-26-28-14-15-31-26)23-11-12-24-20(7-5-13-27(23,24)3)9-10-21-16-22(29)17-25(30)19(21)2/h9-10,14-15,18,22-25,29-30H,2,4-8,11-13,16-17H2,1,3H3/t18-,22-,23-,24+,25+,27-/m1/s1. The number of aromatic nitrogens is 1. The highest BCUT2D eigenvalue weighted by atomic mass is 32.1. The lowest BCUT2D eigenvalue weighted by Gasteiger charge is -2.44. The SMILES string of the molecule is C=C1C(=CC=C2CCC[C@]3(C)[C@@H]([C@H](C)CCCc4nccs4)CC[C@@H]23)C[C@@H](O)C[C@@H]1O. The highest BCUT2D eigenvalue weighted by Gasteiger charge is 2.50. The minimum atomic E-state index is -0.605. The van der Waals surface area contributed by atoms with E-state index in [4.69, 9.17) is 0 Å². The molecule has 0 aromatic carbocycles. The zero-order valence-electron chi connectivity index (χ0n) is 19.2. The van der Waals surface area contributed by atoms with Crippen molar-refractivity contribution in [2.45, 2.75) is 90.3 Å². The van der Waals surface area contributed by atoms with Crippen LogP contribution in [0.1, 0.15) is 76.6 Å². The molecular weight excluding hydrogens is 402 g/mol. The van der Waals surface area contributed by atoms with Gasteiger partial charge >= 0.3 is 0 Å². The zero-order chi connectivity index (χ0) is 22.0. The zero-order valence-corrected chi connectivity index (χ0v) is 20.0. The summed E-state index contributed by atoms with van der Waals surface area (Å²) in [6, 6.07) is 0. The van der Waals surface area contributed by atoms with E-state index >= 15 is 0 Å². The predicted molar refractivity (Wildman–Crippen MR) is 129 cm³/mol. The van der Waals surface area contributed by atoms with Crippen molar-refractivity contribution >= 4 is 11.3 Å². The third-order valence-corrected chi connectivity index (χ3v) is 9.36. The van der Waals surface area contributed by atoms with E-state index in [0.29, 0.717) is 24.2 Å². The number of aliphatic hydroxyl groups is 2. The lowest BCUT2D eigenvalue weighted by molar-refractivity contribution is 0.0861. The van der Waals surface area contributed by atoms with E-state index in [0.717, 1.165) is 29.4 Å². The molecule has 3 aliphatic carbocycles. The number of nitrogens with zero attached hydrogens (tertiary/aromatic N) is 1. The van der Waals surface area contributed by atoms with Crippen LogP contribution in [0.4, 0.5) is 0 Å². The van der Waals surface area contributed by atoms with Crippen molar-refractivity contribution in [1.29, 1.82) is 0 Å². The van der Waals surface area contributed by atoms with Gasteiger partial charge < -0.3 is 10.2 Å². The normalized spacial score (nSPS) is 37.4. The molecule has 1 aromatic rings. The minimum Gasteiger partial charge on any atom is -0.393 e. The summed E-state index contributed by atoms with van der Waals surface area (Å²) in [4.78, 5) is 4.44. The van der Waals surface area contributed by atoms with Gasteiger partial charge in [0.15, 0.2) is 0 Å². The summed E-state index contributed by atoms with van der Waals surface area (Å²) in [7, 11) is 0. The summed E-state index contributed by atoms with van der Waals surface area (Å²) in [6.45, 7) is 9.11. The number of hydrogen-bond acceptors (Lipinski definition) is 4. The number of aliphatic hydroxyl groups excluding tert-OH is 2. The van der Waals surface area contributed by atoms with Crippen molar-refractivity contribution in [2.24, 2.45) is 23.2 Å². The van der Waals surface area contributed by atoms with Gasteiger partial charge in [0, 0.05) is 18.0 Å². The number of thiazole rings is 1. The lowest BCUT2D eigenvalue weighted by Crippen LogP contribution is -2.36. The fraction of sp³-hybridized carbons (Fsp3) is 0.667. The highest BCUT2D eigenvalue weighted by molar-refractivity contribution is 7.09. The van der Waals surface area contributed by atoms with Crippen LogP contribution in [0.25, 0.3) is 0 Å². The molecule has 0 bridgehead atoms. The highest BCUT2D eigenvalue weighted by Crippen LogP contribution is 2.59. The van der Waals surface area contributed by atoms with E-state index in [1.54, 1.807) is 16.9 Å². The predicted octanol–water partition coefficient (Wildman–Crippen LogP) is 6.24. The average molecular weight is 442 g/mol. The van der Waals surface area contributed by atoms with Crippen LogP contribution in [0.2, 0.25) is 0 Å². The Hall–Kier alpha value is -1.23. The first-order valence-corrected chi connectivity index (χ1v) is 13.1. The molecular formula is C27H39NO2S. The molecule has 31 heavy (non-hydrogen) atoms. The van der Waals surface area contributed by atoms with Crippen LogP contribution < -0.4 is 0 Å². The number of aryl methyl sites for hydroxylation is 1. The van der Waals surface area contributed by atoms with Crippen LogP contribution in [0.5, 0.6) is 0 Å². The van der Waals surface area contributed by atoms with Crippen LogP contribution in [-0.4, -0.2) is 27.4 Å². The molecule has 0 spiro atoms. The number of hydrogen-bond donors (Lipinski definition) is 2. The van der Waals surface area contributed by atoms with E-state index in [9.17, 15) is 10.2 Å². The van der Waals surface area contributed by atoms with Crippen molar-refractivity contribution in [3.63, 3.8) is 0 Å². The van der Waals surface area contributed by atoms with Crippen LogP contribution in [0.3, 0.4) is 0 Å². The molecule has 4 rings (SSSR count). The Morgan fingerprint density at radius 3 is 2.94 bits per heavy atom. The Balaban J connectivity index is 1.42. The largest absolute Gasteiger partial charge is 0.393 e. The van der Waals surface area contributed by atoms with Crippen molar-refractivity contribution in [1.82, 2.24) is 4.98 Å². The lowest BCUT2D eigenvalue weighted by atomic mass is 9.60. The first-order valence-electron chi connectivity index (χ1n) is 12.2. The number of allylic oxidation sites excluding steroid dienone is 3. The van der Waals surface area contributed by atoms with Gasteiger partial charge in [0.05, 0.1) is 17.2 Å². The van der Waals surface area contributed by atoms with Crippen molar-refractivity contribution in [3.8, 4) is 0 Å². The van der Waals surface area contributed by atoms with Gasteiger partial charge in [0.25, 0.3) is 0 Å². The van der Waals surface area contributed by atoms with Gasteiger partial charge in [-0.1, -0.05) is 44.6 Å². The van der Waals surface area contributed by atoms with Crippen LogP contribution in [0.15, 0.2) is 47.0 Å². The van der Waals surface area contributed by atoms with Gasteiger partial charge in [0.2, 0.25) is 0 Å². The second-order valence-corrected chi connectivity index (χ2v) is 11.4. The molecule has 4 heteroatoms. The van der Waals surface area contributed by atoms with Gasteiger partial charge in [-0.25, -0.2) is 4.98 Å². The van der Waals surface area contributed by atoms with Crippen LogP contribution in [-0.2, 0) is 6.42 Å². The third-order valence-electron chi connectivity index (χ3n) is 8.52. The summed E-state index contributed by atoms with van der Waals surface area (Å²) in [6.07, 6.45) is 16.5. The molecule has 3 nitrogen and oxygen atoms in total. The number of rotatable bonds is 6. The van der Waals surface area contributed by atoms with Crippen LogP contribution >= 0.6 is 11.3 Å². The molecule has 0 amide bonds. The molecule has 6 atom stereocenters. The van der Waals surface area contributed by atoms with Crippen molar-refractivity contribution < 1.29 is 10.2 Å². The molecule has 0 aliphatic heterocycles. The van der Waals surface area contributed by atoms with Gasteiger partial charge in [-0.05, 0) is 85.7 Å². The number of fused-ring (bicyclic) bond motifs is 1. The van der Waals surface area contributed by atoms with Crippen molar-refractivity contribution in [3.05, 3.63) is 52.0 Å².